The first-order valence-electron chi connectivity index (χ1n) is 10.2. The summed E-state index contributed by atoms with van der Waals surface area (Å²) in [4.78, 5) is 33.2. The number of nitrogens with zero attached hydrogens (tertiary/aromatic N) is 2. The molecule has 3 heterocycles. The Labute approximate surface area is 217 Å². The van der Waals surface area contributed by atoms with E-state index in [0.29, 0.717) is 26.3 Å². The fourth-order valence-corrected chi connectivity index (χ4v) is 6.26. The predicted molar refractivity (Wildman–Crippen MR) is 138 cm³/mol. The predicted octanol–water partition coefficient (Wildman–Crippen LogP) is 6.31. The van der Waals surface area contributed by atoms with E-state index >= 15 is 0 Å². The molecule has 35 heavy (non-hydrogen) atoms. The van der Waals surface area contributed by atoms with Gasteiger partial charge >= 0.3 is 5.91 Å². The Balaban J connectivity index is 1.73. The number of thiazole rings is 1. The topological polar surface area (TPSA) is 89.0 Å². The number of benzene rings is 2. The lowest BCUT2D eigenvalue weighted by Crippen LogP contribution is -2.28. The molecule has 1 unspecified atom stereocenters. The van der Waals surface area contributed by atoms with E-state index in [2.05, 4.69) is 4.98 Å². The van der Waals surface area contributed by atoms with E-state index in [-0.39, 0.29) is 21.9 Å². The van der Waals surface area contributed by atoms with Gasteiger partial charge in [-0.2, -0.15) is 0 Å². The Morgan fingerprint density at radius 1 is 1.09 bits per heavy atom. The van der Waals surface area contributed by atoms with Gasteiger partial charge in [-0.05, 0) is 35.7 Å². The summed E-state index contributed by atoms with van der Waals surface area (Å²) in [6, 6.07) is 10.9. The molecular formula is C24H16Cl2N2O5S2. The van der Waals surface area contributed by atoms with E-state index in [1.54, 1.807) is 24.3 Å². The van der Waals surface area contributed by atoms with Gasteiger partial charge in [-0.3, -0.25) is 14.5 Å². The van der Waals surface area contributed by atoms with Crippen LogP contribution < -0.4 is 14.4 Å². The average Bonchev–Trinajstić information content (AvgIpc) is 3.57. The maximum Gasteiger partial charge on any atom is 0.301 e. The number of carbonyl (C=O) groups is 2. The first kappa shape index (κ1) is 23.6. The molecule has 4 aromatic rings. The quantitative estimate of drug-likeness (QED) is 0.179. The van der Waals surface area contributed by atoms with Crippen LogP contribution in [0.2, 0.25) is 10.0 Å². The van der Waals surface area contributed by atoms with Crippen molar-refractivity contribution in [3.05, 3.63) is 73.9 Å². The van der Waals surface area contributed by atoms with Crippen molar-refractivity contribution in [3.63, 3.8) is 0 Å². The lowest BCUT2D eigenvalue weighted by atomic mass is 9.99. The van der Waals surface area contributed by atoms with Crippen LogP contribution in [0.3, 0.4) is 0 Å². The lowest BCUT2D eigenvalue weighted by molar-refractivity contribution is -0.132. The minimum absolute atomic E-state index is 0.0886. The third-order valence-electron chi connectivity index (χ3n) is 5.53. The summed E-state index contributed by atoms with van der Waals surface area (Å²) in [5, 5.41) is 14.3. The van der Waals surface area contributed by atoms with Gasteiger partial charge in [0.15, 0.2) is 5.13 Å². The van der Waals surface area contributed by atoms with E-state index in [9.17, 15) is 14.7 Å². The Morgan fingerprint density at radius 3 is 2.54 bits per heavy atom. The Hall–Kier alpha value is -3.11. The molecule has 7 nitrogen and oxygen atoms in total. The number of aliphatic hydroxyl groups excluding tert-OH is 1. The summed E-state index contributed by atoms with van der Waals surface area (Å²) in [6.07, 6.45) is 0. The van der Waals surface area contributed by atoms with Crippen molar-refractivity contribution in [1.82, 2.24) is 4.98 Å². The maximum atomic E-state index is 13.3. The molecule has 0 aliphatic carbocycles. The molecular weight excluding hydrogens is 531 g/mol. The molecule has 1 fully saturated rings. The summed E-state index contributed by atoms with van der Waals surface area (Å²) < 4.78 is 11.4. The number of hydrogen-bond donors (Lipinski definition) is 1. The van der Waals surface area contributed by atoms with Crippen LogP contribution in [0.4, 0.5) is 5.13 Å². The van der Waals surface area contributed by atoms with Crippen LogP contribution in [0.15, 0.2) is 53.4 Å². The molecule has 1 aliphatic rings. The van der Waals surface area contributed by atoms with Crippen LogP contribution in [0.5, 0.6) is 11.5 Å². The number of amides is 1. The van der Waals surface area contributed by atoms with Crippen LogP contribution >= 0.6 is 45.9 Å². The highest BCUT2D eigenvalue weighted by Crippen LogP contribution is 2.47. The monoisotopic (exact) mass is 546 g/mol. The molecule has 1 amide bonds. The SMILES string of the molecule is COc1cc(OC)c(/C(O)=C2\C(=O)C(=O)N(c3nc4ccc(Cl)cc4s3)C2c2cccs2)cc1Cl. The van der Waals surface area contributed by atoms with Crippen molar-refractivity contribution < 1.29 is 24.2 Å². The van der Waals surface area contributed by atoms with Gasteiger partial charge in [0.1, 0.15) is 23.3 Å². The van der Waals surface area contributed by atoms with Gasteiger partial charge in [0.05, 0.1) is 40.6 Å². The number of halogens is 2. The Bertz CT molecular complexity index is 1510. The number of ketones is 1. The fourth-order valence-electron chi connectivity index (χ4n) is 3.93. The van der Waals surface area contributed by atoms with Crippen molar-refractivity contribution in [3.8, 4) is 11.5 Å². The summed E-state index contributed by atoms with van der Waals surface area (Å²) in [7, 11) is 2.87. The zero-order valence-corrected chi connectivity index (χ0v) is 21.4. The number of Topliss-reactive ketones (excluding diaryl/α,β-unsaturated/α-hetero) is 1. The van der Waals surface area contributed by atoms with Gasteiger partial charge in [-0.25, -0.2) is 4.98 Å². The first-order chi connectivity index (χ1) is 16.8. The minimum Gasteiger partial charge on any atom is -0.507 e. The normalized spacial score (nSPS) is 17.4. The van der Waals surface area contributed by atoms with Crippen molar-refractivity contribution in [2.24, 2.45) is 0 Å². The van der Waals surface area contributed by atoms with E-state index in [0.717, 1.165) is 4.70 Å². The number of rotatable bonds is 5. The number of methoxy groups -OCH3 is 2. The van der Waals surface area contributed by atoms with Crippen molar-refractivity contribution in [1.29, 1.82) is 0 Å². The largest absolute Gasteiger partial charge is 0.507 e. The third-order valence-corrected chi connectivity index (χ3v) is 8.00. The van der Waals surface area contributed by atoms with Gasteiger partial charge in [0.2, 0.25) is 0 Å². The molecule has 0 saturated carbocycles. The van der Waals surface area contributed by atoms with Gasteiger partial charge in [0, 0.05) is 16.0 Å². The van der Waals surface area contributed by atoms with Gasteiger partial charge in [0.25, 0.3) is 5.78 Å². The van der Waals surface area contributed by atoms with Crippen molar-refractivity contribution >= 4 is 78.7 Å². The smallest absolute Gasteiger partial charge is 0.301 e. The molecule has 1 N–H and O–H groups in total. The van der Waals surface area contributed by atoms with E-state index in [4.69, 9.17) is 32.7 Å². The number of fused-ring (bicyclic) bond motifs is 1. The second-order valence-electron chi connectivity index (χ2n) is 7.48. The number of aromatic nitrogens is 1. The molecule has 1 aliphatic heterocycles. The molecule has 1 atom stereocenters. The Kier molecular flexibility index (Phi) is 6.18. The van der Waals surface area contributed by atoms with Crippen LogP contribution in [-0.2, 0) is 9.59 Å². The van der Waals surface area contributed by atoms with Gasteiger partial charge in [-0.1, -0.05) is 40.6 Å². The highest BCUT2D eigenvalue weighted by Gasteiger charge is 2.49. The standard InChI is InChI=1S/C24H16Cl2N2O5S2/c1-32-15-10-16(33-2)13(26)9-12(15)21(29)19-20(17-4-3-7-34-17)28(23(31)22(19)30)24-27-14-6-5-11(25)8-18(14)35-24/h3-10,20,29H,1-2H3/b21-19+. The van der Waals surface area contributed by atoms with Crippen molar-refractivity contribution in [2.75, 3.05) is 19.1 Å². The van der Waals surface area contributed by atoms with Crippen LogP contribution in [-0.4, -0.2) is 36.0 Å². The number of thiophene rings is 1. The number of aliphatic hydroxyl groups is 1. The van der Waals surface area contributed by atoms with E-state index in [1.807, 2.05) is 11.4 Å². The molecule has 2 aromatic heterocycles. The Morgan fingerprint density at radius 2 is 1.86 bits per heavy atom. The lowest BCUT2D eigenvalue weighted by Gasteiger charge is -2.21. The second kappa shape index (κ2) is 9.16. The van der Waals surface area contributed by atoms with Gasteiger partial charge in [-0.15, -0.1) is 11.3 Å². The van der Waals surface area contributed by atoms with E-state index in [1.165, 1.54) is 53.9 Å². The maximum absolute atomic E-state index is 13.3. The molecule has 0 radical (unpaired) electrons. The zero-order valence-electron chi connectivity index (χ0n) is 18.2. The molecule has 178 valence electrons. The summed E-state index contributed by atoms with van der Waals surface area (Å²) in [5.74, 6) is -1.48. The summed E-state index contributed by atoms with van der Waals surface area (Å²) >= 11 is 15.0. The fraction of sp³-hybridized carbons (Fsp3) is 0.125. The highest BCUT2D eigenvalue weighted by atomic mass is 35.5. The van der Waals surface area contributed by atoms with Crippen LogP contribution in [0.1, 0.15) is 16.5 Å². The molecule has 2 aromatic carbocycles. The second-order valence-corrected chi connectivity index (χ2v) is 10.3. The summed E-state index contributed by atoms with van der Waals surface area (Å²) in [6.45, 7) is 0. The van der Waals surface area contributed by atoms with Crippen molar-refractivity contribution in [2.45, 2.75) is 6.04 Å². The molecule has 0 spiro atoms. The molecule has 5 rings (SSSR count). The first-order valence-corrected chi connectivity index (χ1v) is 12.6. The number of ether oxygens (including phenoxy) is 2. The summed E-state index contributed by atoms with van der Waals surface area (Å²) in [5.41, 5.74) is 0.716. The minimum atomic E-state index is -0.892. The van der Waals surface area contributed by atoms with Crippen LogP contribution in [0.25, 0.3) is 16.0 Å². The zero-order chi connectivity index (χ0) is 24.9. The molecule has 1 saturated heterocycles. The third kappa shape index (κ3) is 3.94. The highest BCUT2D eigenvalue weighted by molar-refractivity contribution is 7.22. The molecule has 11 heteroatoms. The number of carbonyl (C=O) groups excluding carboxylic acids is 2. The van der Waals surface area contributed by atoms with Crippen LogP contribution in [0, 0.1) is 0 Å². The van der Waals surface area contributed by atoms with E-state index < -0.39 is 23.5 Å². The number of anilines is 1. The number of hydrogen-bond acceptors (Lipinski definition) is 8. The molecule has 0 bridgehead atoms. The van der Waals surface area contributed by atoms with Gasteiger partial charge < -0.3 is 14.6 Å². The average molecular weight is 547 g/mol.